The van der Waals surface area contributed by atoms with Gasteiger partial charge >= 0.3 is 0 Å². The van der Waals surface area contributed by atoms with Crippen LogP contribution in [0, 0.1) is 0 Å². The van der Waals surface area contributed by atoms with Gasteiger partial charge in [-0.3, -0.25) is 4.79 Å². The molecular formula is C15H12BrNO2. The highest BCUT2D eigenvalue weighted by atomic mass is 79.9. The average Bonchev–Trinajstić information content (AvgIpc) is 2.81. The Morgan fingerprint density at radius 1 is 1.05 bits per heavy atom. The molecule has 0 bridgehead atoms. The van der Waals surface area contributed by atoms with Gasteiger partial charge in [-0.05, 0) is 47.5 Å². The molecule has 1 N–H and O–H groups in total. The number of aromatic hydroxyl groups is 1. The number of benzene rings is 2. The number of hydrogen-bond donors (Lipinski definition) is 1. The minimum Gasteiger partial charge on any atom is -0.508 e. The Bertz CT molecular complexity index is 637. The third-order valence-electron chi connectivity index (χ3n) is 3.29. The predicted molar refractivity (Wildman–Crippen MR) is 75.8 cm³/mol. The summed E-state index contributed by atoms with van der Waals surface area (Å²) in [6, 6.07) is 12.5. The fraction of sp³-hybridized carbons (Fsp3) is 0.133. The van der Waals surface area contributed by atoms with E-state index in [4.69, 9.17) is 0 Å². The molecule has 1 aliphatic rings. The summed E-state index contributed by atoms with van der Waals surface area (Å²) >= 11 is 3.44. The number of fused-ring (bicyclic) bond motifs is 1. The third kappa shape index (κ3) is 2.36. The fourth-order valence-electron chi connectivity index (χ4n) is 2.29. The summed E-state index contributed by atoms with van der Waals surface area (Å²) in [5.74, 6) is 0.164. The minimum absolute atomic E-state index is 0.00711. The molecule has 19 heavy (non-hydrogen) atoms. The zero-order chi connectivity index (χ0) is 13.4. The van der Waals surface area contributed by atoms with Crippen LogP contribution in [-0.2, 0) is 13.1 Å². The molecule has 0 radical (unpaired) electrons. The molecule has 0 saturated carbocycles. The summed E-state index contributed by atoms with van der Waals surface area (Å²) in [6.45, 7) is 1.27. The Kier molecular flexibility index (Phi) is 3.03. The first-order valence-corrected chi connectivity index (χ1v) is 6.78. The van der Waals surface area contributed by atoms with Crippen LogP contribution in [0.3, 0.4) is 0 Å². The maximum absolute atomic E-state index is 12.3. The van der Waals surface area contributed by atoms with Gasteiger partial charge in [0.05, 0.1) is 0 Å². The molecular weight excluding hydrogens is 306 g/mol. The van der Waals surface area contributed by atoms with Crippen LogP contribution in [0.5, 0.6) is 5.75 Å². The zero-order valence-corrected chi connectivity index (χ0v) is 11.7. The monoisotopic (exact) mass is 317 g/mol. The molecule has 3 rings (SSSR count). The number of amides is 1. The molecule has 1 aliphatic heterocycles. The van der Waals surface area contributed by atoms with Crippen molar-refractivity contribution in [3.63, 3.8) is 0 Å². The Labute approximate surface area is 119 Å². The summed E-state index contributed by atoms with van der Waals surface area (Å²) in [7, 11) is 0. The summed E-state index contributed by atoms with van der Waals surface area (Å²) in [6.07, 6.45) is 0. The molecule has 0 aliphatic carbocycles. The molecule has 96 valence electrons. The molecule has 0 unspecified atom stereocenters. The van der Waals surface area contributed by atoms with E-state index in [0.29, 0.717) is 18.7 Å². The standard InChI is InChI=1S/C15H12BrNO2/c16-13-4-1-11-8-17(9-12(11)7-13)15(19)10-2-5-14(18)6-3-10/h1-7,18H,8-9H2. The highest BCUT2D eigenvalue weighted by Gasteiger charge is 2.24. The lowest BCUT2D eigenvalue weighted by Crippen LogP contribution is -2.25. The number of carbonyl (C=O) groups excluding carboxylic acids is 1. The molecule has 0 atom stereocenters. The van der Waals surface area contributed by atoms with Crippen LogP contribution in [0.25, 0.3) is 0 Å². The van der Waals surface area contributed by atoms with Gasteiger partial charge in [0.1, 0.15) is 5.75 Å². The Hall–Kier alpha value is -1.81. The number of phenolic OH excluding ortho intramolecular Hbond substituents is 1. The van der Waals surface area contributed by atoms with Gasteiger partial charge in [-0.25, -0.2) is 0 Å². The van der Waals surface area contributed by atoms with Crippen LogP contribution >= 0.6 is 15.9 Å². The second-order valence-corrected chi connectivity index (χ2v) is 5.54. The quantitative estimate of drug-likeness (QED) is 0.876. The first kappa shape index (κ1) is 12.2. The second-order valence-electron chi connectivity index (χ2n) is 4.62. The summed E-state index contributed by atoms with van der Waals surface area (Å²) < 4.78 is 1.03. The first-order chi connectivity index (χ1) is 9.13. The number of nitrogens with zero attached hydrogens (tertiary/aromatic N) is 1. The highest BCUT2D eigenvalue weighted by molar-refractivity contribution is 9.10. The van der Waals surface area contributed by atoms with E-state index in [1.807, 2.05) is 17.0 Å². The van der Waals surface area contributed by atoms with Crippen LogP contribution < -0.4 is 0 Å². The van der Waals surface area contributed by atoms with Gasteiger partial charge in [-0.1, -0.05) is 22.0 Å². The van der Waals surface area contributed by atoms with E-state index < -0.39 is 0 Å². The SMILES string of the molecule is O=C(c1ccc(O)cc1)N1Cc2ccc(Br)cc2C1. The van der Waals surface area contributed by atoms with Gasteiger partial charge in [0, 0.05) is 23.1 Å². The molecule has 1 heterocycles. The molecule has 1 amide bonds. The van der Waals surface area contributed by atoms with E-state index in [9.17, 15) is 9.90 Å². The molecule has 2 aromatic rings. The van der Waals surface area contributed by atoms with Gasteiger partial charge in [-0.15, -0.1) is 0 Å². The van der Waals surface area contributed by atoms with Crippen LogP contribution in [0.1, 0.15) is 21.5 Å². The molecule has 0 aromatic heterocycles. The molecule has 2 aromatic carbocycles. The third-order valence-corrected chi connectivity index (χ3v) is 3.79. The number of carbonyl (C=O) groups is 1. The average molecular weight is 318 g/mol. The number of hydrogen-bond acceptors (Lipinski definition) is 2. The number of rotatable bonds is 1. The van der Waals surface area contributed by atoms with Crippen LogP contribution in [0.4, 0.5) is 0 Å². The Balaban J connectivity index is 1.82. The van der Waals surface area contributed by atoms with Gasteiger partial charge < -0.3 is 10.0 Å². The molecule has 0 saturated heterocycles. The van der Waals surface area contributed by atoms with Crippen molar-refractivity contribution in [1.29, 1.82) is 0 Å². The lowest BCUT2D eigenvalue weighted by atomic mass is 10.1. The van der Waals surface area contributed by atoms with Gasteiger partial charge in [0.2, 0.25) is 0 Å². The first-order valence-electron chi connectivity index (χ1n) is 5.99. The van der Waals surface area contributed by atoms with Crippen LogP contribution in [0.2, 0.25) is 0 Å². The topological polar surface area (TPSA) is 40.5 Å². The molecule has 4 heteroatoms. The van der Waals surface area contributed by atoms with Crippen molar-refractivity contribution in [2.75, 3.05) is 0 Å². The van der Waals surface area contributed by atoms with Crippen molar-refractivity contribution < 1.29 is 9.90 Å². The van der Waals surface area contributed by atoms with Crippen molar-refractivity contribution >= 4 is 21.8 Å². The van der Waals surface area contributed by atoms with Crippen molar-refractivity contribution in [3.8, 4) is 5.75 Å². The van der Waals surface area contributed by atoms with Gasteiger partial charge in [0.25, 0.3) is 5.91 Å². The van der Waals surface area contributed by atoms with Crippen LogP contribution in [0.15, 0.2) is 46.9 Å². The second kappa shape index (κ2) is 4.70. The van der Waals surface area contributed by atoms with E-state index in [1.165, 1.54) is 23.3 Å². The van der Waals surface area contributed by atoms with E-state index in [1.54, 1.807) is 12.1 Å². The smallest absolute Gasteiger partial charge is 0.254 e. The fourth-order valence-corrected chi connectivity index (χ4v) is 2.70. The maximum Gasteiger partial charge on any atom is 0.254 e. The Morgan fingerprint density at radius 2 is 1.74 bits per heavy atom. The lowest BCUT2D eigenvalue weighted by Gasteiger charge is -2.15. The molecule has 0 spiro atoms. The van der Waals surface area contributed by atoms with Crippen LogP contribution in [-0.4, -0.2) is 15.9 Å². The van der Waals surface area contributed by atoms with E-state index >= 15 is 0 Å². The van der Waals surface area contributed by atoms with Crippen molar-refractivity contribution in [3.05, 3.63) is 63.6 Å². The van der Waals surface area contributed by atoms with Crippen molar-refractivity contribution in [2.24, 2.45) is 0 Å². The summed E-state index contributed by atoms with van der Waals surface area (Å²) in [4.78, 5) is 14.2. The normalized spacial score (nSPS) is 13.4. The largest absolute Gasteiger partial charge is 0.508 e. The number of phenols is 1. The van der Waals surface area contributed by atoms with E-state index in [-0.39, 0.29) is 11.7 Å². The van der Waals surface area contributed by atoms with Crippen molar-refractivity contribution in [2.45, 2.75) is 13.1 Å². The number of halogens is 1. The minimum atomic E-state index is -0.00711. The summed E-state index contributed by atoms with van der Waals surface area (Å²) in [5, 5.41) is 9.25. The van der Waals surface area contributed by atoms with E-state index in [0.717, 1.165) is 4.47 Å². The zero-order valence-electron chi connectivity index (χ0n) is 10.1. The highest BCUT2D eigenvalue weighted by Crippen LogP contribution is 2.27. The van der Waals surface area contributed by atoms with Gasteiger partial charge in [-0.2, -0.15) is 0 Å². The van der Waals surface area contributed by atoms with Crippen molar-refractivity contribution in [1.82, 2.24) is 4.90 Å². The lowest BCUT2D eigenvalue weighted by molar-refractivity contribution is 0.0751. The molecule has 0 fully saturated rings. The summed E-state index contributed by atoms with van der Waals surface area (Å²) in [5.41, 5.74) is 2.97. The predicted octanol–water partition coefficient (Wildman–Crippen LogP) is 3.31. The maximum atomic E-state index is 12.3. The molecule has 3 nitrogen and oxygen atoms in total. The van der Waals surface area contributed by atoms with E-state index in [2.05, 4.69) is 22.0 Å². The van der Waals surface area contributed by atoms with Gasteiger partial charge in [0.15, 0.2) is 0 Å². The Morgan fingerprint density at radius 3 is 2.47 bits per heavy atom.